The number of hydrogen-bond donors (Lipinski definition) is 1. The Hall–Kier alpha value is -2.55. The van der Waals surface area contributed by atoms with Crippen molar-refractivity contribution in [2.75, 3.05) is 6.54 Å². The van der Waals surface area contributed by atoms with Gasteiger partial charge in [0.05, 0.1) is 5.57 Å². The molecule has 6 heteroatoms. The third-order valence-electron chi connectivity index (χ3n) is 3.43. The van der Waals surface area contributed by atoms with Gasteiger partial charge in [0, 0.05) is 25.2 Å². The molecular weight excluding hydrogens is 282 g/mol. The first-order valence-corrected chi connectivity index (χ1v) is 7.02. The molecule has 1 aliphatic heterocycles. The Morgan fingerprint density at radius 2 is 2.32 bits per heavy atom. The highest BCUT2D eigenvalue weighted by atomic mass is 16.5. The zero-order valence-corrected chi connectivity index (χ0v) is 13.1. The van der Waals surface area contributed by atoms with Crippen LogP contribution in [0.25, 0.3) is 0 Å². The molecule has 0 fully saturated rings. The molecule has 0 aliphatic carbocycles. The number of rotatable bonds is 6. The Labute approximate surface area is 130 Å². The summed E-state index contributed by atoms with van der Waals surface area (Å²) < 4.78 is 5.54. The lowest BCUT2D eigenvalue weighted by Crippen LogP contribution is -2.35. The van der Waals surface area contributed by atoms with Crippen molar-refractivity contribution < 1.29 is 9.53 Å². The first-order valence-electron chi connectivity index (χ1n) is 7.02. The van der Waals surface area contributed by atoms with Crippen LogP contribution in [0.15, 0.2) is 40.1 Å². The van der Waals surface area contributed by atoms with Crippen LogP contribution in [-0.2, 0) is 9.53 Å². The normalized spacial score (nSPS) is 18.7. The summed E-state index contributed by atoms with van der Waals surface area (Å²) in [5.41, 5.74) is 7.89. The van der Waals surface area contributed by atoms with Gasteiger partial charge in [-0.05, 0) is 25.0 Å². The topological polar surface area (TPSA) is 85.0 Å². The Kier molecular flexibility index (Phi) is 6.39. The maximum absolute atomic E-state index is 11.9. The summed E-state index contributed by atoms with van der Waals surface area (Å²) in [5, 5.41) is 2.77. The van der Waals surface area contributed by atoms with Crippen LogP contribution in [0.2, 0.25) is 0 Å². The van der Waals surface area contributed by atoms with Crippen molar-refractivity contribution in [1.82, 2.24) is 4.90 Å². The quantitative estimate of drug-likeness (QED) is 0.464. The largest absolute Gasteiger partial charge is 0.472 e. The fraction of sp³-hybridized carbons (Fsp3) is 0.438. The van der Waals surface area contributed by atoms with Gasteiger partial charge in [-0.25, -0.2) is 0 Å². The lowest BCUT2D eigenvalue weighted by molar-refractivity contribution is -0.134. The summed E-state index contributed by atoms with van der Waals surface area (Å²) in [6.45, 7) is 5.23. The van der Waals surface area contributed by atoms with Crippen LogP contribution in [-0.4, -0.2) is 23.6 Å². The predicted molar refractivity (Wildman–Crippen MR) is 84.8 cm³/mol. The minimum Gasteiger partial charge on any atom is -0.472 e. The number of carbonyl (C=O) groups is 1. The van der Waals surface area contributed by atoms with Crippen LogP contribution in [0.1, 0.15) is 33.6 Å². The van der Waals surface area contributed by atoms with Gasteiger partial charge < -0.3 is 10.5 Å². The highest BCUT2D eigenvalue weighted by molar-refractivity contribution is 5.75. The van der Waals surface area contributed by atoms with Crippen LogP contribution in [0, 0.1) is 17.3 Å². The minimum absolute atomic E-state index is 0.0507. The fourth-order valence-electron chi connectivity index (χ4n) is 1.96. The summed E-state index contributed by atoms with van der Waals surface area (Å²) >= 11 is 0. The average molecular weight is 303 g/mol. The molecule has 0 saturated carbocycles. The molecule has 22 heavy (non-hydrogen) atoms. The molecule has 1 heterocycles. The molecule has 0 aromatic carbocycles. The van der Waals surface area contributed by atoms with E-state index in [4.69, 9.17) is 16.9 Å². The summed E-state index contributed by atoms with van der Waals surface area (Å²) in [4.78, 5) is 23.5. The van der Waals surface area contributed by atoms with E-state index in [2.05, 4.69) is 11.1 Å². The van der Waals surface area contributed by atoms with E-state index in [1.807, 2.05) is 13.8 Å². The summed E-state index contributed by atoms with van der Waals surface area (Å²) in [5.74, 6) is 2.73. The number of nitroso groups, excluding NO2 is 1. The standard InChI is InChI=1S/C16H21N3O3/c1-5-11(3)16(17)13(6-2)10-19(12(4)20)15-8-7-14(22-15)9-18-21/h2,7,10,15H,5,8-9,17H2,1,3-4H3/b13-10-,16-11?. The molecule has 118 valence electrons. The zero-order chi connectivity index (χ0) is 16.7. The molecule has 1 amide bonds. The van der Waals surface area contributed by atoms with E-state index in [0.717, 1.165) is 12.0 Å². The maximum atomic E-state index is 11.9. The smallest absolute Gasteiger partial charge is 0.226 e. The van der Waals surface area contributed by atoms with Crippen molar-refractivity contribution >= 4 is 5.91 Å². The molecule has 0 bridgehead atoms. The lowest BCUT2D eigenvalue weighted by Gasteiger charge is -2.25. The van der Waals surface area contributed by atoms with Gasteiger partial charge in [-0.15, -0.1) is 6.42 Å². The van der Waals surface area contributed by atoms with Gasteiger partial charge >= 0.3 is 0 Å². The number of allylic oxidation sites excluding steroid dienone is 2. The fourth-order valence-corrected chi connectivity index (χ4v) is 1.96. The Balaban J connectivity index is 3.03. The average Bonchev–Trinajstić information content (AvgIpc) is 2.95. The van der Waals surface area contributed by atoms with E-state index in [1.54, 1.807) is 6.08 Å². The second-order valence-corrected chi connectivity index (χ2v) is 4.93. The number of terminal acetylenes is 1. The molecule has 2 N–H and O–H groups in total. The van der Waals surface area contributed by atoms with Crippen LogP contribution in [0.5, 0.6) is 0 Å². The number of nitrogens with zero attached hydrogens (tertiary/aromatic N) is 2. The van der Waals surface area contributed by atoms with E-state index in [0.29, 0.717) is 23.5 Å². The van der Waals surface area contributed by atoms with Crippen LogP contribution >= 0.6 is 0 Å². The highest BCUT2D eigenvalue weighted by Crippen LogP contribution is 2.23. The summed E-state index contributed by atoms with van der Waals surface area (Å²) in [6.07, 6.45) is 9.46. The molecule has 0 saturated heterocycles. The van der Waals surface area contributed by atoms with Crippen LogP contribution in [0.3, 0.4) is 0 Å². The first-order chi connectivity index (χ1) is 10.4. The minimum atomic E-state index is -0.535. The van der Waals surface area contributed by atoms with E-state index < -0.39 is 6.23 Å². The molecule has 0 aromatic heterocycles. The van der Waals surface area contributed by atoms with Gasteiger partial charge in [-0.3, -0.25) is 9.69 Å². The van der Waals surface area contributed by atoms with Crippen molar-refractivity contribution in [1.29, 1.82) is 0 Å². The zero-order valence-electron chi connectivity index (χ0n) is 13.1. The van der Waals surface area contributed by atoms with Crippen molar-refractivity contribution in [3.63, 3.8) is 0 Å². The van der Waals surface area contributed by atoms with Crippen molar-refractivity contribution in [3.05, 3.63) is 39.8 Å². The summed E-state index contributed by atoms with van der Waals surface area (Å²) in [6, 6.07) is 0. The lowest BCUT2D eigenvalue weighted by atomic mass is 10.1. The van der Waals surface area contributed by atoms with Gasteiger partial charge in [0.2, 0.25) is 5.91 Å². The molecule has 1 atom stereocenters. The van der Waals surface area contributed by atoms with Gasteiger partial charge in [0.25, 0.3) is 0 Å². The predicted octanol–water partition coefficient (Wildman–Crippen LogP) is 2.39. The van der Waals surface area contributed by atoms with E-state index in [-0.39, 0.29) is 12.5 Å². The van der Waals surface area contributed by atoms with Crippen LogP contribution < -0.4 is 5.73 Å². The SMILES string of the molecule is C#C/C(=C/N(C(C)=O)C1CC=C(CN=O)O1)C(N)=C(C)CC. The molecular formula is C16H21N3O3. The second-order valence-electron chi connectivity index (χ2n) is 4.93. The number of ether oxygens (including phenoxy) is 1. The molecule has 0 spiro atoms. The Morgan fingerprint density at radius 3 is 2.82 bits per heavy atom. The summed E-state index contributed by atoms with van der Waals surface area (Å²) in [7, 11) is 0. The van der Waals surface area contributed by atoms with Gasteiger partial charge in [0.15, 0.2) is 6.23 Å². The Morgan fingerprint density at radius 1 is 1.64 bits per heavy atom. The monoisotopic (exact) mass is 303 g/mol. The van der Waals surface area contributed by atoms with Crippen molar-refractivity contribution in [2.24, 2.45) is 10.9 Å². The van der Waals surface area contributed by atoms with Crippen LogP contribution in [0.4, 0.5) is 0 Å². The Bertz CT molecular complexity index is 582. The number of carbonyl (C=O) groups excluding carboxylic acids is 1. The number of nitrogens with two attached hydrogens (primary N) is 1. The van der Waals surface area contributed by atoms with Crippen molar-refractivity contribution in [2.45, 2.75) is 39.8 Å². The van der Waals surface area contributed by atoms with E-state index in [9.17, 15) is 9.70 Å². The molecule has 0 aromatic rings. The number of amides is 1. The molecule has 0 radical (unpaired) electrons. The first kappa shape index (κ1) is 17.5. The highest BCUT2D eigenvalue weighted by Gasteiger charge is 2.26. The maximum Gasteiger partial charge on any atom is 0.226 e. The number of hydrogen-bond acceptors (Lipinski definition) is 5. The van der Waals surface area contributed by atoms with Crippen molar-refractivity contribution in [3.8, 4) is 12.3 Å². The molecule has 1 unspecified atom stereocenters. The van der Waals surface area contributed by atoms with Gasteiger partial charge in [0.1, 0.15) is 12.3 Å². The molecule has 1 rings (SSSR count). The third-order valence-corrected chi connectivity index (χ3v) is 3.43. The second kappa shape index (κ2) is 8.03. The van der Waals surface area contributed by atoms with Gasteiger partial charge in [-0.2, -0.15) is 4.91 Å². The van der Waals surface area contributed by atoms with E-state index in [1.165, 1.54) is 18.0 Å². The molecule has 1 aliphatic rings. The third kappa shape index (κ3) is 4.22. The van der Waals surface area contributed by atoms with Gasteiger partial charge in [-0.1, -0.05) is 18.0 Å². The molecule has 6 nitrogen and oxygen atoms in total. The van der Waals surface area contributed by atoms with E-state index >= 15 is 0 Å².